The van der Waals surface area contributed by atoms with Crippen molar-refractivity contribution in [2.75, 3.05) is 7.11 Å². The molecule has 16 atom stereocenters. The van der Waals surface area contributed by atoms with Gasteiger partial charge in [-0.1, -0.05) is 71.9 Å². The molecule has 3 rings (SSSR count). The van der Waals surface area contributed by atoms with Gasteiger partial charge >= 0.3 is 5.97 Å². The normalized spacial score (nSPS) is 42.2. The van der Waals surface area contributed by atoms with E-state index in [4.69, 9.17) is 18.9 Å². The van der Waals surface area contributed by atoms with Gasteiger partial charge in [-0.05, 0) is 62.9 Å². The summed E-state index contributed by atoms with van der Waals surface area (Å²) in [5.74, 6) is -4.14. The van der Waals surface area contributed by atoms with Gasteiger partial charge in [0.05, 0.1) is 62.0 Å². The molecule has 0 amide bonds. The molecule has 0 aromatic heterocycles. The number of hydrogen-bond acceptors (Lipinski definition) is 11. The molecule has 11 nitrogen and oxygen atoms in total. The van der Waals surface area contributed by atoms with Gasteiger partial charge in [-0.3, -0.25) is 4.79 Å². The largest absolute Gasteiger partial charge is 0.505 e. The molecular weight excluding hydrogens is 692 g/mol. The molecule has 0 aliphatic carbocycles. The maximum absolute atomic E-state index is 13.3. The maximum Gasteiger partial charge on any atom is 0.330 e. The molecule has 1 spiro atoms. The molecule has 0 aromatic carbocycles. The number of ketones is 1. The molecule has 0 radical (unpaired) electrons. The monoisotopic (exact) mass is 762 g/mol. The van der Waals surface area contributed by atoms with Crippen molar-refractivity contribution in [1.82, 2.24) is 0 Å². The number of ether oxygens (including phenoxy) is 4. The zero-order valence-electron chi connectivity index (χ0n) is 33.8. The number of carbonyl (C=O) groups excluding carboxylic acids is 2. The van der Waals surface area contributed by atoms with E-state index < -0.39 is 66.1 Å². The zero-order valence-corrected chi connectivity index (χ0v) is 33.8. The second-order valence-corrected chi connectivity index (χ2v) is 16.7. The Hall–Kier alpha value is -2.38. The van der Waals surface area contributed by atoms with E-state index in [1.807, 2.05) is 32.1 Å². The molecule has 2 bridgehead atoms. The van der Waals surface area contributed by atoms with Crippen molar-refractivity contribution in [3.05, 3.63) is 48.8 Å². The second-order valence-electron chi connectivity index (χ2n) is 16.7. The summed E-state index contributed by atoms with van der Waals surface area (Å²) < 4.78 is 24.7. The van der Waals surface area contributed by atoms with Crippen LogP contribution in [0.5, 0.6) is 0 Å². The summed E-state index contributed by atoms with van der Waals surface area (Å²) in [4.78, 5) is 26.6. The number of Topliss-reactive ketones (excluding diaryl/α,β-unsaturated/α-hetero) is 1. The number of fused-ring (bicyclic) bond motifs is 2. The lowest BCUT2D eigenvalue weighted by molar-refractivity contribution is -0.360. The predicted molar refractivity (Wildman–Crippen MR) is 207 cm³/mol. The predicted octanol–water partition coefficient (Wildman–Crippen LogP) is 5.57. The number of aliphatic hydroxyl groups excluding tert-OH is 5. The molecule has 308 valence electrons. The van der Waals surface area contributed by atoms with Crippen molar-refractivity contribution in [3.63, 3.8) is 0 Å². The number of methoxy groups -OCH3 is 1. The van der Waals surface area contributed by atoms with Crippen LogP contribution in [-0.2, 0) is 28.5 Å². The smallest absolute Gasteiger partial charge is 0.330 e. The first-order valence-corrected chi connectivity index (χ1v) is 20.2. The van der Waals surface area contributed by atoms with E-state index >= 15 is 0 Å². The number of esters is 1. The molecule has 2 fully saturated rings. The highest BCUT2D eigenvalue weighted by atomic mass is 16.7. The summed E-state index contributed by atoms with van der Waals surface area (Å²) in [6, 6.07) is 0. The van der Waals surface area contributed by atoms with Crippen LogP contribution >= 0.6 is 0 Å². The fourth-order valence-corrected chi connectivity index (χ4v) is 8.02. The van der Waals surface area contributed by atoms with Crippen molar-refractivity contribution in [3.8, 4) is 0 Å². The first kappa shape index (κ1) is 46.0. The first-order chi connectivity index (χ1) is 25.5. The lowest BCUT2D eigenvalue weighted by atomic mass is 9.78. The Morgan fingerprint density at radius 3 is 2.33 bits per heavy atom. The average Bonchev–Trinajstić information content (AvgIpc) is 3.11. The lowest BCUT2D eigenvalue weighted by Crippen LogP contribution is -2.59. The number of rotatable bonds is 4. The molecule has 16 unspecified atom stereocenters. The van der Waals surface area contributed by atoms with Gasteiger partial charge < -0.3 is 44.5 Å². The Kier molecular flexibility index (Phi) is 18.6. The van der Waals surface area contributed by atoms with Gasteiger partial charge in [-0.15, -0.1) is 0 Å². The molecule has 0 aromatic rings. The number of carbonyl (C=O) groups is 2. The van der Waals surface area contributed by atoms with Gasteiger partial charge in [-0.25, -0.2) is 4.79 Å². The van der Waals surface area contributed by atoms with Crippen LogP contribution in [0.4, 0.5) is 0 Å². The van der Waals surface area contributed by atoms with E-state index in [1.54, 1.807) is 26.8 Å². The third-order valence-corrected chi connectivity index (χ3v) is 11.9. The van der Waals surface area contributed by atoms with E-state index in [0.717, 1.165) is 19.3 Å². The fraction of sp³-hybridized carbons (Fsp3) is 0.767. The minimum absolute atomic E-state index is 0.161. The Labute approximate surface area is 323 Å². The molecule has 3 aliphatic heterocycles. The molecule has 3 aliphatic rings. The quantitative estimate of drug-likeness (QED) is 0.179. The van der Waals surface area contributed by atoms with Gasteiger partial charge in [0.1, 0.15) is 11.9 Å². The van der Waals surface area contributed by atoms with Crippen LogP contribution in [0.3, 0.4) is 0 Å². The van der Waals surface area contributed by atoms with E-state index in [0.29, 0.717) is 25.7 Å². The number of hydrogen-bond donors (Lipinski definition) is 5. The van der Waals surface area contributed by atoms with Crippen LogP contribution in [0.2, 0.25) is 0 Å². The molecule has 54 heavy (non-hydrogen) atoms. The van der Waals surface area contributed by atoms with E-state index in [2.05, 4.69) is 19.9 Å². The van der Waals surface area contributed by atoms with Crippen molar-refractivity contribution >= 4 is 11.8 Å². The molecular formula is C43H70O11. The van der Waals surface area contributed by atoms with Gasteiger partial charge in [0, 0.05) is 49.5 Å². The van der Waals surface area contributed by atoms with Crippen LogP contribution in [-0.4, -0.2) is 99.0 Å². The Morgan fingerprint density at radius 1 is 0.926 bits per heavy atom. The Morgan fingerprint density at radius 2 is 1.65 bits per heavy atom. The van der Waals surface area contributed by atoms with Crippen LogP contribution in [0, 0.1) is 41.4 Å². The third kappa shape index (κ3) is 13.4. The lowest BCUT2D eigenvalue weighted by Gasteiger charge is -2.53. The highest BCUT2D eigenvalue weighted by Gasteiger charge is 2.53. The molecule has 0 saturated carbocycles. The topological polar surface area (TPSA) is 172 Å². The number of allylic oxidation sites excluding steroid dienone is 4. The van der Waals surface area contributed by atoms with Crippen molar-refractivity contribution in [2.45, 2.75) is 161 Å². The van der Waals surface area contributed by atoms with E-state index in [1.165, 1.54) is 25.5 Å². The highest BCUT2D eigenvalue weighted by Crippen LogP contribution is 2.47. The van der Waals surface area contributed by atoms with E-state index in [-0.39, 0.29) is 54.5 Å². The average molecular weight is 763 g/mol. The zero-order chi connectivity index (χ0) is 40.2. The summed E-state index contributed by atoms with van der Waals surface area (Å²) in [7, 11) is 1.45. The third-order valence-electron chi connectivity index (χ3n) is 11.9. The summed E-state index contributed by atoms with van der Waals surface area (Å²) >= 11 is 0. The van der Waals surface area contributed by atoms with Gasteiger partial charge in [0.2, 0.25) is 0 Å². The summed E-state index contributed by atoms with van der Waals surface area (Å²) in [6.07, 6.45) is 11.9. The second kappa shape index (κ2) is 21.8. The fourth-order valence-electron chi connectivity index (χ4n) is 8.02. The van der Waals surface area contributed by atoms with Gasteiger partial charge in [0.25, 0.3) is 0 Å². The van der Waals surface area contributed by atoms with Gasteiger partial charge in [0.15, 0.2) is 5.79 Å². The van der Waals surface area contributed by atoms with Gasteiger partial charge in [-0.2, -0.15) is 0 Å². The van der Waals surface area contributed by atoms with Crippen molar-refractivity contribution < 1.29 is 54.1 Å². The Bertz CT molecular complexity index is 1280. The molecule has 11 heteroatoms. The maximum atomic E-state index is 13.3. The van der Waals surface area contributed by atoms with Crippen LogP contribution in [0.25, 0.3) is 0 Å². The standard InChI is InChI=1S/C43H70O11/c1-26-12-10-9-11-13-28(3)42(50)35(19-21-51-8)37(47)24-33(45)23-36(46)31(6)41(49)29(4)15-17-40(48)52-39-25-34(16-14-26)53-43(32(39)7)20-18-27(2)38(54-43)22-30(5)44/h9-12,15,17,19,21,26-36,38-39,41-42,44-46,49-50H,13-14,16,18,20,22-25H2,1-8H3. The minimum Gasteiger partial charge on any atom is -0.505 e. The number of aliphatic hydroxyl groups is 5. The van der Waals surface area contributed by atoms with Crippen LogP contribution < -0.4 is 0 Å². The molecule has 3 heterocycles. The first-order valence-electron chi connectivity index (χ1n) is 20.2. The SMILES string of the molecule is COC=CC1C(=O)CC(O)CC(O)C(C)C(O)C(C)C=CC(=O)OC2CC(CCC(C)C=CC=CCC(C)C1O)OC1(CCC(C)C(CC(C)O)O1)C2C. The van der Waals surface area contributed by atoms with Crippen LogP contribution in [0.1, 0.15) is 106 Å². The van der Waals surface area contributed by atoms with Crippen molar-refractivity contribution in [1.29, 1.82) is 0 Å². The summed E-state index contributed by atoms with van der Waals surface area (Å²) in [6.45, 7) is 13.3. The molecule has 2 saturated heterocycles. The van der Waals surface area contributed by atoms with E-state index in [9.17, 15) is 35.1 Å². The Balaban J connectivity index is 1.88. The summed E-state index contributed by atoms with van der Waals surface area (Å²) in [5, 5.41) is 54.3. The molecule has 5 N–H and O–H groups in total. The van der Waals surface area contributed by atoms with Crippen LogP contribution in [0.15, 0.2) is 48.8 Å². The highest BCUT2D eigenvalue weighted by molar-refractivity contribution is 5.83. The van der Waals surface area contributed by atoms with Crippen molar-refractivity contribution in [2.24, 2.45) is 41.4 Å². The summed E-state index contributed by atoms with van der Waals surface area (Å²) in [5.41, 5.74) is 0. The minimum atomic E-state index is -1.21.